The molecular formula is C12H13N3O3S. The highest BCUT2D eigenvalue weighted by molar-refractivity contribution is 7.14. The molecule has 0 saturated carbocycles. The topological polar surface area (TPSA) is 93.4 Å². The summed E-state index contributed by atoms with van der Waals surface area (Å²) in [5.74, 6) is -1.17. The molecule has 0 aromatic carbocycles. The molecule has 1 atom stereocenters. The van der Waals surface area contributed by atoms with Crippen LogP contribution in [0, 0.1) is 11.3 Å². The lowest BCUT2D eigenvalue weighted by Crippen LogP contribution is -2.40. The fourth-order valence-corrected chi connectivity index (χ4v) is 2.89. The van der Waals surface area contributed by atoms with Gasteiger partial charge in [-0.1, -0.05) is 0 Å². The zero-order valence-electron chi connectivity index (χ0n) is 10.1. The van der Waals surface area contributed by atoms with Crippen LogP contribution in [0.3, 0.4) is 0 Å². The summed E-state index contributed by atoms with van der Waals surface area (Å²) in [6, 6.07) is 3.05. The monoisotopic (exact) mass is 279 g/mol. The molecule has 1 aliphatic rings. The highest BCUT2D eigenvalue weighted by Crippen LogP contribution is 2.22. The highest BCUT2D eigenvalue weighted by atomic mass is 32.1. The van der Waals surface area contributed by atoms with Crippen LogP contribution in [0.15, 0.2) is 11.4 Å². The Morgan fingerprint density at radius 3 is 3.11 bits per heavy atom. The zero-order valence-corrected chi connectivity index (χ0v) is 10.9. The number of carboxylic acid groups (broad SMARTS) is 1. The average molecular weight is 279 g/mol. The largest absolute Gasteiger partial charge is 0.480 e. The molecule has 0 aliphatic carbocycles. The van der Waals surface area contributed by atoms with Crippen molar-refractivity contribution in [2.24, 2.45) is 0 Å². The number of amides is 1. The third kappa shape index (κ3) is 3.10. The molecule has 1 aliphatic heterocycles. The first kappa shape index (κ1) is 13.5. The first-order valence-corrected chi connectivity index (χ1v) is 6.74. The van der Waals surface area contributed by atoms with E-state index in [4.69, 9.17) is 10.4 Å². The first-order valence-electron chi connectivity index (χ1n) is 5.86. The van der Waals surface area contributed by atoms with E-state index in [1.807, 2.05) is 6.07 Å². The lowest BCUT2D eigenvalue weighted by Gasteiger charge is -2.19. The second-order valence-electron chi connectivity index (χ2n) is 4.29. The van der Waals surface area contributed by atoms with Crippen LogP contribution in [0.5, 0.6) is 0 Å². The van der Waals surface area contributed by atoms with Crippen LogP contribution in [0.25, 0.3) is 0 Å². The normalized spacial score (nSPS) is 19.0. The Labute approximate surface area is 114 Å². The number of aliphatic carboxylic acids is 1. The fourth-order valence-electron chi connectivity index (χ4n) is 2.14. The van der Waals surface area contributed by atoms with E-state index < -0.39 is 12.0 Å². The van der Waals surface area contributed by atoms with Crippen LogP contribution in [0.1, 0.15) is 18.4 Å². The lowest BCUT2D eigenvalue weighted by atomic mass is 10.2. The van der Waals surface area contributed by atoms with Crippen molar-refractivity contribution < 1.29 is 14.7 Å². The molecule has 1 aromatic heterocycles. The number of rotatable bonds is 4. The minimum absolute atomic E-state index is 0.0414. The SMILES string of the molecule is N#Cc1ccsc1NC(=O)CN1CCCC1C(=O)O. The van der Waals surface area contributed by atoms with E-state index in [0.717, 1.165) is 6.42 Å². The van der Waals surface area contributed by atoms with E-state index in [2.05, 4.69) is 5.32 Å². The number of carbonyl (C=O) groups excluding carboxylic acids is 1. The molecule has 2 N–H and O–H groups in total. The van der Waals surface area contributed by atoms with E-state index in [-0.39, 0.29) is 12.5 Å². The molecule has 0 bridgehead atoms. The minimum Gasteiger partial charge on any atom is -0.480 e. The number of thiophene rings is 1. The molecule has 19 heavy (non-hydrogen) atoms. The Morgan fingerprint density at radius 2 is 2.42 bits per heavy atom. The summed E-state index contributed by atoms with van der Waals surface area (Å²) >= 11 is 1.28. The summed E-state index contributed by atoms with van der Waals surface area (Å²) < 4.78 is 0. The van der Waals surface area contributed by atoms with Crippen LogP contribution >= 0.6 is 11.3 Å². The quantitative estimate of drug-likeness (QED) is 0.861. The van der Waals surface area contributed by atoms with Gasteiger partial charge < -0.3 is 10.4 Å². The van der Waals surface area contributed by atoms with E-state index in [1.54, 1.807) is 16.3 Å². The zero-order chi connectivity index (χ0) is 13.8. The smallest absolute Gasteiger partial charge is 0.320 e. The summed E-state index contributed by atoms with van der Waals surface area (Å²) in [5.41, 5.74) is 0.426. The van der Waals surface area contributed by atoms with Gasteiger partial charge in [0, 0.05) is 0 Å². The summed E-state index contributed by atoms with van der Waals surface area (Å²) in [4.78, 5) is 24.5. The second kappa shape index (κ2) is 5.82. The van der Waals surface area contributed by atoms with Gasteiger partial charge in [-0.15, -0.1) is 11.3 Å². The number of likely N-dealkylation sites (tertiary alicyclic amines) is 1. The molecular weight excluding hydrogens is 266 g/mol. The number of anilines is 1. The standard InChI is InChI=1S/C12H13N3O3S/c13-6-8-3-5-19-11(8)14-10(16)7-15-4-1-2-9(15)12(17)18/h3,5,9H,1-2,4,7H2,(H,14,16)(H,17,18). The van der Waals surface area contributed by atoms with Crippen molar-refractivity contribution in [2.75, 3.05) is 18.4 Å². The van der Waals surface area contributed by atoms with Crippen molar-refractivity contribution in [2.45, 2.75) is 18.9 Å². The molecule has 100 valence electrons. The van der Waals surface area contributed by atoms with Gasteiger partial charge in [-0.05, 0) is 30.8 Å². The molecule has 0 spiro atoms. The van der Waals surface area contributed by atoms with Gasteiger partial charge in [0.25, 0.3) is 0 Å². The summed E-state index contributed by atoms with van der Waals surface area (Å²) in [7, 11) is 0. The molecule has 2 rings (SSSR count). The Morgan fingerprint density at radius 1 is 1.63 bits per heavy atom. The maximum atomic E-state index is 11.9. The van der Waals surface area contributed by atoms with Gasteiger partial charge in [-0.2, -0.15) is 5.26 Å². The van der Waals surface area contributed by atoms with Crippen molar-refractivity contribution in [3.05, 3.63) is 17.0 Å². The van der Waals surface area contributed by atoms with Gasteiger partial charge in [0.05, 0.1) is 12.1 Å². The molecule has 7 heteroatoms. The highest BCUT2D eigenvalue weighted by Gasteiger charge is 2.31. The Hall–Kier alpha value is -1.91. The number of carbonyl (C=O) groups is 2. The van der Waals surface area contributed by atoms with Gasteiger partial charge in [0.1, 0.15) is 17.1 Å². The first-order chi connectivity index (χ1) is 9.11. The van der Waals surface area contributed by atoms with Gasteiger partial charge >= 0.3 is 5.97 Å². The maximum Gasteiger partial charge on any atom is 0.320 e. The molecule has 1 aromatic rings. The predicted octanol–water partition coefficient (Wildman–Crippen LogP) is 1.11. The number of carboxylic acids is 1. The van der Waals surface area contributed by atoms with Crippen LogP contribution in [-0.4, -0.2) is 41.0 Å². The van der Waals surface area contributed by atoms with Gasteiger partial charge in [-0.3, -0.25) is 14.5 Å². The van der Waals surface area contributed by atoms with E-state index in [1.165, 1.54) is 11.3 Å². The maximum absolute atomic E-state index is 11.9. The van der Waals surface area contributed by atoms with E-state index in [9.17, 15) is 9.59 Å². The van der Waals surface area contributed by atoms with Gasteiger partial charge in [0.2, 0.25) is 5.91 Å². The second-order valence-corrected chi connectivity index (χ2v) is 5.21. The number of nitrogens with one attached hydrogen (secondary N) is 1. The van der Waals surface area contributed by atoms with Gasteiger partial charge in [-0.25, -0.2) is 0 Å². The molecule has 2 heterocycles. The van der Waals surface area contributed by atoms with Gasteiger partial charge in [0.15, 0.2) is 0 Å². The van der Waals surface area contributed by atoms with Crippen LogP contribution < -0.4 is 5.32 Å². The summed E-state index contributed by atoms with van der Waals surface area (Å²) in [6.07, 6.45) is 1.36. The molecule has 0 radical (unpaired) electrons. The van der Waals surface area contributed by atoms with Crippen LogP contribution in [-0.2, 0) is 9.59 Å². The Bertz CT molecular complexity index is 535. The van der Waals surface area contributed by atoms with E-state index in [0.29, 0.717) is 23.5 Å². The molecule has 1 fully saturated rings. The fraction of sp³-hybridized carbons (Fsp3) is 0.417. The summed E-state index contributed by atoms with van der Waals surface area (Å²) in [5, 5.41) is 22.7. The predicted molar refractivity (Wildman–Crippen MR) is 69.9 cm³/mol. The van der Waals surface area contributed by atoms with E-state index >= 15 is 0 Å². The molecule has 1 saturated heterocycles. The third-order valence-corrected chi connectivity index (χ3v) is 3.86. The van der Waals surface area contributed by atoms with Crippen molar-refractivity contribution in [3.63, 3.8) is 0 Å². The number of hydrogen-bond acceptors (Lipinski definition) is 5. The van der Waals surface area contributed by atoms with Crippen molar-refractivity contribution >= 4 is 28.2 Å². The van der Waals surface area contributed by atoms with Crippen molar-refractivity contribution in [3.8, 4) is 6.07 Å². The van der Waals surface area contributed by atoms with Crippen molar-refractivity contribution in [1.29, 1.82) is 5.26 Å². The lowest BCUT2D eigenvalue weighted by molar-refractivity contribution is -0.142. The number of nitrogens with zero attached hydrogens (tertiary/aromatic N) is 2. The number of hydrogen-bond donors (Lipinski definition) is 2. The number of nitriles is 1. The average Bonchev–Trinajstić information content (AvgIpc) is 2.97. The third-order valence-electron chi connectivity index (χ3n) is 3.03. The Balaban J connectivity index is 1.95. The molecule has 1 amide bonds. The minimum atomic E-state index is -0.890. The molecule has 6 nitrogen and oxygen atoms in total. The van der Waals surface area contributed by atoms with Crippen molar-refractivity contribution in [1.82, 2.24) is 4.90 Å². The Kier molecular flexibility index (Phi) is 4.14. The molecule has 1 unspecified atom stereocenters. The van der Waals surface area contributed by atoms with Crippen LogP contribution in [0.4, 0.5) is 5.00 Å². The summed E-state index contributed by atoms with van der Waals surface area (Å²) in [6.45, 7) is 0.652. The van der Waals surface area contributed by atoms with Crippen LogP contribution in [0.2, 0.25) is 0 Å².